The highest BCUT2D eigenvalue weighted by Gasteiger charge is 2.19. The molecular weight excluding hydrogens is 257 g/mol. The predicted molar refractivity (Wildman–Crippen MR) is 74.7 cm³/mol. The maximum atomic E-state index is 13.0. The number of benzene rings is 1. The van der Waals surface area contributed by atoms with Gasteiger partial charge in [-0.15, -0.1) is 0 Å². The summed E-state index contributed by atoms with van der Waals surface area (Å²) in [6.07, 6.45) is 3.02. The minimum atomic E-state index is -0.325. The Hall–Kier alpha value is -2.30. The predicted octanol–water partition coefficient (Wildman–Crippen LogP) is 2.76. The van der Waals surface area contributed by atoms with Gasteiger partial charge in [-0.05, 0) is 38.1 Å². The molecule has 0 atom stereocenters. The smallest absolute Gasteiger partial charge is 0.274 e. The molecule has 4 nitrogen and oxygen atoms in total. The van der Waals surface area contributed by atoms with E-state index in [0.29, 0.717) is 30.0 Å². The van der Waals surface area contributed by atoms with Crippen LogP contribution >= 0.6 is 0 Å². The lowest BCUT2D eigenvalue weighted by atomic mass is 10.1. The van der Waals surface area contributed by atoms with Crippen molar-refractivity contribution < 1.29 is 9.18 Å². The number of amides is 1. The van der Waals surface area contributed by atoms with E-state index in [9.17, 15) is 9.18 Å². The molecule has 20 heavy (non-hydrogen) atoms. The molecular formula is C15H16FN3O. The molecule has 0 fully saturated rings. The van der Waals surface area contributed by atoms with Crippen molar-refractivity contribution in [3.05, 3.63) is 48.2 Å². The summed E-state index contributed by atoms with van der Waals surface area (Å²) in [5.74, 6) is -0.489. The van der Waals surface area contributed by atoms with Crippen LogP contribution in [-0.2, 0) is 0 Å². The van der Waals surface area contributed by atoms with Gasteiger partial charge < -0.3 is 4.90 Å². The molecule has 1 aromatic heterocycles. The maximum absolute atomic E-state index is 13.0. The fraction of sp³-hybridized carbons (Fsp3) is 0.267. The lowest BCUT2D eigenvalue weighted by Gasteiger charge is -2.19. The van der Waals surface area contributed by atoms with E-state index in [4.69, 9.17) is 0 Å². The Kier molecular flexibility index (Phi) is 4.40. The Morgan fingerprint density at radius 2 is 1.70 bits per heavy atom. The Balaban J connectivity index is 2.45. The second-order valence-corrected chi connectivity index (χ2v) is 4.24. The molecule has 2 rings (SSSR count). The summed E-state index contributed by atoms with van der Waals surface area (Å²) in [6, 6.07) is 5.88. The molecule has 0 aliphatic heterocycles. The van der Waals surface area contributed by atoms with Gasteiger partial charge in [0.25, 0.3) is 5.91 Å². The topological polar surface area (TPSA) is 46.1 Å². The number of aromatic nitrogens is 2. The largest absolute Gasteiger partial charge is 0.338 e. The van der Waals surface area contributed by atoms with Gasteiger partial charge in [-0.2, -0.15) is 0 Å². The monoisotopic (exact) mass is 273 g/mol. The molecule has 104 valence electrons. The number of carbonyl (C=O) groups is 1. The highest BCUT2D eigenvalue weighted by atomic mass is 19.1. The Morgan fingerprint density at radius 1 is 1.10 bits per heavy atom. The fourth-order valence-electron chi connectivity index (χ4n) is 1.97. The van der Waals surface area contributed by atoms with Crippen molar-refractivity contribution in [2.75, 3.05) is 13.1 Å². The zero-order chi connectivity index (χ0) is 14.5. The first-order valence-corrected chi connectivity index (χ1v) is 6.53. The van der Waals surface area contributed by atoms with E-state index in [1.54, 1.807) is 17.0 Å². The highest BCUT2D eigenvalue weighted by molar-refractivity contribution is 5.97. The minimum absolute atomic E-state index is 0.164. The molecule has 0 spiro atoms. The maximum Gasteiger partial charge on any atom is 0.274 e. The van der Waals surface area contributed by atoms with Gasteiger partial charge in [-0.1, -0.05) is 0 Å². The summed E-state index contributed by atoms with van der Waals surface area (Å²) >= 11 is 0. The van der Waals surface area contributed by atoms with Crippen LogP contribution in [0.4, 0.5) is 4.39 Å². The van der Waals surface area contributed by atoms with E-state index in [0.717, 1.165) is 0 Å². The third-order valence-corrected chi connectivity index (χ3v) is 3.07. The molecule has 1 amide bonds. The van der Waals surface area contributed by atoms with Gasteiger partial charge >= 0.3 is 0 Å². The van der Waals surface area contributed by atoms with Gasteiger partial charge in [0.1, 0.15) is 11.5 Å². The van der Waals surface area contributed by atoms with Crippen LogP contribution in [0, 0.1) is 5.82 Å². The highest BCUT2D eigenvalue weighted by Crippen LogP contribution is 2.21. The fourth-order valence-corrected chi connectivity index (χ4v) is 1.97. The number of carbonyl (C=O) groups excluding carboxylic acids is 1. The van der Waals surface area contributed by atoms with Crippen LogP contribution in [0.25, 0.3) is 11.3 Å². The number of hydrogen-bond acceptors (Lipinski definition) is 3. The molecule has 0 saturated carbocycles. The first-order valence-electron chi connectivity index (χ1n) is 6.53. The molecule has 0 N–H and O–H groups in total. The van der Waals surface area contributed by atoms with Crippen LogP contribution in [0.2, 0.25) is 0 Å². The van der Waals surface area contributed by atoms with Crippen LogP contribution in [0.1, 0.15) is 24.3 Å². The van der Waals surface area contributed by atoms with Gasteiger partial charge in [0, 0.05) is 31.0 Å². The quantitative estimate of drug-likeness (QED) is 0.860. The van der Waals surface area contributed by atoms with Crippen molar-refractivity contribution in [1.29, 1.82) is 0 Å². The first-order chi connectivity index (χ1) is 9.67. The Morgan fingerprint density at radius 3 is 2.30 bits per heavy atom. The van der Waals surface area contributed by atoms with Crippen LogP contribution in [-0.4, -0.2) is 33.9 Å². The summed E-state index contributed by atoms with van der Waals surface area (Å²) < 4.78 is 13.0. The van der Waals surface area contributed by atoms with E-state index in [-0.39, 0.29) is 11.7 Å². The van der Waals surface area contributed by atoms with Gasteiger partial charge in [0.15, 0.2) is 5.69 Å². The van der Waals surface area contributed by atoms with Gasteiger partial charge in [0.2, 0.25) is 0 Å². The molecule has 0 unspecified atom stereocenters. The van der Waals surface area contributed by atoms with Crippen molar-refractivity contribution in [1.82, 2.24) is 14.9 Å². The molecule has 0 bridgehead atoms. The molecule has 0 aliphatic rings. The lowest BCUT2D eigenvalue weighted by molar-refractivity contribution is 0.0767. The average molecular weight is 273 g/mol. The van der Waals surface area contributed by atoms with E-state index in [1.807, 2.05) is 13.8 Å². The van der Waals surface area contributed by atoms with Crippen molar-refractivity contribution in [2.24, 2.45) is 0 Å². The van der Waals surface area contributed by atoms with Crippen molar-refractivity contribution in [3.63, 3.8) is 0 Å². The van der Waals surface area contributed by atoms with Crippen LogP contribution in [0.5, 0.6) is 0 Å². The molecule has 1 aromatic carbocycles. The van der Waals surface area contributed by atoms with Crippen LogP contribution in [0.15, 0.2) is 36.7 Å². The van der Waals surface area contributed by atoms with E-state index >= 15 is 0 Å². The third-order valence-electron chi connectivity index (χ3n) is 3.07. The van der Waals surface area contributed by atoms with Gasteiger partial charge in [-0.3, -0.25) is 9.78 Å². The molecule has 0 aliphatic carbocycles. The summed E-state index contributed by atoms with van der Waals surface area (Å²) in [6.45, 7) is 5.04. The lowest BCUT2D eigenvalue weighted by Crippen LogP contribution is -2.31. The zero-order valence-electron chi connectivity index (χ0n) is 11.5. The molecule has 0 radical (unpaired) electrons. The number of nitrogens with zero attached hydrogens (tertiary/aromatic N) is 3. The number of hydrogen-bond donors (Lipinski definition) is 0. The molecule has 1 heterocycles. The van der Waals surface area contributed by atoms with E-state index < -0.39 is 0 Å². The van der Waals surface area contributed by atoms with Crippen LogP contribution in [0.3, 0.4) is 0 Å². The average Bonchev–Trinajstić information content (AvgIpc) is 2.49. The second kappa shape index (κ2) is 6.23. The molecule has 0 saturated heterocycles. The third kappa shape index (κ3) is 2.82. The molecule has 5 heteroatoms. The Bertz CT molecular complexity index is 594. The van der Waals surface area contributed by atoms with E-state index in [1.165, 1.54) is 24.5 Å². The van der Waals surface area contributed by atoms with Gasteiger partial charge in [-0.25, -0.2) is 9.37 Å². The van der Waals surface area contributed by atoms with Crippen LogP contribution < -0.4 is 0 Å². The number of rotatable bonds is 4. The van der Waals surface area contributed by atoms with Crippen molar-refractivity contribution >= 4 is 5.91 Å². The minimum Gasteiger partial charge on any atom is -0.338 e. The summed E-state index contributed by atoms with van der Waals surface area (Å²) in [5.41, 5.74) is 1.45. The zero-order valence-corrected chi connectivity index (χ0v) is 11.5. The summed E-state index contributed by atoms with van der Waals surface area (Å²) in [5, 5.41) is 0. The number of halogens is 1. The second-order valence-electron chi connectivity index (χ2n) is 4.24. The summed E-state index contributed by atoms with van der Waals surface area (Å²) in [4.78, 5) is 22.5. The normalized spacial score (nSPS) is 10.3. The molecule has 2 aromatic rings. The Labute approximate surface area is 117 Å². The standard InChI is InChI=1S/C15H16FN3O/c1-3-19(4-2)15(20)14-13(17-9-10-18-14)11-5-7-12(16)8-6-11/h5-10H,3-4H2,1-2H3. The van der Waals surface area contributed by atoms with Crippen molar-refractivity contribution in [3.8, 4) is 11.3 Å². The van der Waals surface area contributed by atoms with Gasteiger partial charge in [0.05, 0.1) is 0 Å². The first kappa shape index (κ1) is 14.1. The SMILES string of the molecule is CCN(CC)C(=O)c1nccnc1-c1ccc(F)cc1. The summed E-state index contributed by atoms with van der Waals surface area (Å²) in [7, 11) is 0. The van der Waals surface area contributed by atoms with Crippen molar-refractivity contribution in [2.45, 2.75) is 13.8 Å². The van der Waals surface area contributed by atoms with E-state index in [2.05, 4.69) is 9.97 Å².